The van der Waals surface area contributed by atoms with Gasteiger partial charge in [-0.05, 0) is 24.3 Å². The molecule has 0 spiro atoms. The number of anilines is 1. The predicted molar refractivity (Wildman–Crippen MR) is 130 cm³/mol. The Morgan fingerprint density at radius 2 is 1.65 bits per heavy atom. The van der Waals surface area contributed by atoms with E-state index in [2.05, 4.69) is 0 Å². The third-order valence-electron chi connectivity index (χ3n) is 5.79. The Kier molecular flexibility index (Phi) is 5.82. The number of benzene rings is 3. The smallest absolute Gasteiger partial charge is 0.265 e. The van der Waals surface area contributed by atoms with Crippen LogP contribution in [0.15, 0.2) is 91.1 Å². The zero-order valence-electron chi connectivity index (χ0n) is 18.8. The highest BCUT2D eigenvalue weighted by atomic mass is 16.5. The van der Waals surface area contributed by atoms with Crippen LogP contribution in [0, 0.1) is 0 Å². The zero-order valence-corrected chi connectivity index (χ0v) is 18.8. The summed E-state index contributed by atoms with van der Waals surface area (Å²) in [5.74, 6) is 0.201. The number of carbonyl (C=O) groups excluding carboxylic acids is 2. The largest absolute Gasteiger partial charge is 0.482 e. The molecule has 1 aliphatic heterocycles. The summed E-state index contributed by atoms with van der Waals surface area (Å²) in [6.45, 7) is 0.231. The number of fused-ring (bicyclic) bond motifs is 1. The Bertz CT molecular complexity index is 1320. The molecule has 2 amide bonds. The van der Waals surface area contributed by atoms with Crippen molar-refractivity contribution >= 4 is 17.5 Å². The lowest BCUT2D eigenvalue weighted by Gasteiger charge is -2.30. The third-order valence-corrected chi connectivity index (χ3v) is 5.79. The van der Waals surface area contributed by atoms with Gasteiger partial charge in [0, 0.05) is 30.9 Å². The first-order valence-corrected chi connectivity index (χ1v) is 11.1. The molecule has 0 saturated heterocycles. The molecule has 34 heavy (non-hydrogen) atoms. The molecule has 2 heterocycles. The minimum absolute atomic E-state index is 0.0524. The molecule has 0 unspecified atom stereocenters. The fourth-order valence-corrected chi connectivity index (χ4v) is 4.00. The number of carbonyl (C=O) groups is 2. The van der Waals surface area contributed by atoms with E-state index in [9.17, 15) is 9.59 Å². The number of rotatable bonds is 6. The van der Waals surface area contributed by atoms with Gasteiger partial charge in [-0.25, -0.2) is 4.68 Å². The molecule has 7 nitrogen and oxygen atoms in total. The van der Waals surface area contributed by atoms with Crippen molar-refractivity contribution < 1.29 is 14.3 Å². The predicted octanol–water partition coefficient (Wildman–Crippen LogP) is 3.92. The van der Waals surface area contributed by atoms with Crippen molar-refractivity contribution in [1.82, 2.24) is 14.7 Å². The van der Waals surface area contributed by atoms with E-state index in [1.807, 2.05) is 83.7 Å². The molecule has 4 aromatic rings. The maximum atomic E-state index is 13.2. The van der Waals surface area contributed by atoms with Crippen LogP contribution in [0.5, 0.6) is 5.75 Å². The maximum Gasteiger partial charge on any atom is 0.265 e. The SMILES string of the molecule is CN(Cc1cn(-c2ccccc2)nc1-c1ccccc1)C(=O)CN1C(=O)COc2ccccc21. The first-order chi connectivity index (χ1) is 16.6. The van der Waals surface area contributed by atoms with Gasteiger partial charge in [0.05, 0.1) is 17.1 Å². The van der Waals surface area contributed by atoms with Gasteiger partial charge in [-0.1, -0.05) is 60.7 Å². The van der Waals surface area contributed by atoms with Crippen molar-refractivity contribution in [3.05, 3.63) is 96.7 Å². The van der Waals surface area contributed by atoms with Crippen LogP contribution < -0.4 is 9.64 Å². The second kappa shape index (κ2) is 9.23. The molecule has 170 valence electrons. The molecular formula is C27H24N4O3. The number of hydrogen-bond acceptors (Lipinski definition) is 4. The van der Waals surface area contributed by atoms with Gasteiger partial charge in [0.15, 0.2) is 6.61 Å². The van der Waals surface area contributed by atoms with Gasteiger partial charge in [0.25, 0.3) is 5.91 Å². The highest BCUT2D eigenvalue weighted by Crippen LogP contribution is 2.31. The summed E-state index contributed by atoms with van der Waals surface area (Å²) in [6.07, 6.45) is 1.95. The molecule has 0 bridgehead atoms. The lowest BCUT2D eigenvalue weighted by Crippen LogP contribution is -2.45. The quantitative estimate of drug-likeness (QED) is 0.445. The van der Waals surface area contributed by atoms with E-state index in [0.717, 1.165) is 22.5 Å². The minimum Gasteiger partial charge on any atom is -0.482 e. The van der Waals surface area contributed by atoms with Crippen LogP contribution >= 0.6 is 0 Å². The topological polar surface area (TPSA) is 67.7 Å². The van der Waals surface area contributed by atoms with Crippen molar-refractivity contribution in [3.8, 4) is 22.7 Å². The molecule has 0 fully saturated rings. The van der Waals surface area contributed by atoms with Crippen molar-refractivity contribution in [3.63, 3.8) is 0 Å². The summed E-state index contributed by atoms with van der Waals surface area (Å²) in [5.41, 5.74) is 4.26. The minimum atomic E-state index is -0.234. The third kappa shape index (κ3) is 4.28. The van der Waals surface area contributed by atoms with Crippen LogP contribution in [0.3, 0.4) is 0 Å². The molecule has 7 heteroatoms. The van der Waals surface area contributed by atoms with Crippen molar-refractivity contribution in [2.24, 2.45) is 0 Å². The van der Waals surface area contributed by atoms with Gasteiger partial charge in [-0.3, -0.25) is 14.5 Å². The van der Waals surface area contributed by atoms with Gasteiger partial charge in [-0.15, -0.1) is 0 Å². The first kappa shape index (κ1) is 21.5. The highest BCUT2D eigenvalue weighted by molar-refractivity contribution is 6.02. The molecule has 0 saturated carbocycles. The average Bonchev–Trinajstić information content (AvgIpc) is 3.30. The van der Waals surface area contributed by atoms with E-state index in [-0.39, 0.29) is 25.0 Å². The Morgan fingerprint density at radius 3 is 2.41 bits per heavy atom. The monoisotopic (exact) mass is 452 g/mol. The van der Waals surface area contributed by atoms with E-state index in [4.69, 9.17) is 9.84 Å². The van der Waals surface area contributed by atoms with Gasteiger partial charge in [0.2, 0.25) is 5.91 Å². The van der Waals surface area contributed by atoms with Crippen LogP contribution in [-0.4, -0.2) is 46.7 Å². The second-order valence-electron chi connectivity index (χ2n) is 8.14. The number of aromatic nitrogens is 2. The lowest BCUT2D eigenvalue weighted by atomic mass is 10.1. The van der Waals surface area contributed by atoms with Crippen LogP contribution in [-0.2, 0) is 16.1 Å². The van der Waals surface area contributed by atoms with Gasteiger partial charge in [0.1, 0.15) is 12.3 Å². The first-order valence-electron chi connectivity index (χ1n) is 11.1. The maximum absolute atomic E-state index is 13.2. The fourth-order valence-electron chi connectivity index (χ4n) is 4.00. The Hall–Kier alpha value is -4.39. The highest BCUT2D eigenvalue weighted by Gasteiger charge is 2.28. The summed E-state index contributed by atoms with van der Waals surface area (Å²) in [6, 6.07) is 27.0. The number of likely N-dealkylation sites (N-methyl/N-ethyl adjacent to an activating group) is 1. The van der Waals surface area contributed by atoms with Crippen molar-refractivity contribution in [2.75, 3.05) is 25.1 Å². The van der Waals surface area contributed by atoms with Crippen LogP contribution in [0.25, 0.3) is 16.9 Å². The normalized spacial score (nSPS) is 12.7. The molecule has 5 rings (SSSR count). The zero-order chi connectivity index (χ0) is 23.5. The van der Waals surface area contributed by atoms with Crippen LogP contribution in [0.1, 0.15) is 5.56 Å². The van der Waals surface area contributed by atoms with Crippen LogP contribution in [0.2, 0.25) is 0 Å². The Balaban J connectivity index is 1.40. The molecule has 1 aromatic heterocycles. The Morgan fingerprint density at radius 1 is 0.971 bits per heavy atom. The average molecular weight is 453 g/mol. The molecule has 0 aliphatic carbocycles. The van der Waals surface area contributed by atoms with Crippen molar-refractivity contribution in [1.29, 1.82) is 0 Å². The number of amides is 2. The molecular weight excluding hydrogens is 428 g/mol. The summed E-state index contributed by atoms with van der Waals surface area (Å²) in [7, 11) is 1.74. The van der Waals surface area contributed by atoms with Crippen molar-refractivity contribution in [2.45, 2.75) is 6.54 Å². The number of hydrogen-bond donors (Lipinski definition) is 0. The number of para-hydroxylation sites is 3. The molecule has 3 aromatic carbocycles. The van der Waals surface area contributed by atoms with Gasteiger partial charge >= 0.3 is 0 Å². The van der Waals surface area contributed by atoms with Crippen LogP contribution in [0.4, 0.5) is 5.69 Å². The molecule has 0 N–H and O–H groups in total. The molecule has 0 atom stereocenters. The van der Waals surface area contributed by atoms with E-state index < -0.39 is 0 Å². The number of nitrogens with zero attached hydrogens (tertiary/aromatic N) is 4. The standard InChI is InChI=1S/C27H24N4O3/c1-29(25(32)18-30-23-14-8-9-15-24(23)34-19-26(30)33)16-21-17-31(22-12-6-3-7-13-22)28-27(21)20-10-4-2-5-11-20/h2-15,17H,16,18-19H2,1H3. The second-order valence-corrected chi connectivity index (χ2v) is 8.14. The Labute approximate surface area is 197 Å². The molecule has 1 aliphatic rings. The fraction of sp³-hybridized carbons (Fsp3) is 0.148. The summed E-state index contributed by atoms with van der Waals surface area (Å²) in [4.78, 5) is 28.8. The van der Waals surface area contributed by atoms with E-state index in [1.54, 1.807) is 24.1 Å². The lowest BCUT2D eigenvalue weighted by molar-refractivity contribution is -0.131. The van der Waals surface area contributed by atoms with E-state index in [0.29, 0.717) is 18.0 Å². The summed E-state index contributed by atoms with van der Waals surface area (Å²) in [5, 5.41) is 4.82. The molecule has 0 radical (unpaired) electrons. The summed E-state index contributed by atoms with van der Waals surface area (Å²) < 4.78 is 7.32. The van der Waals surface area contributed by atoms with E-state index >= 15 is 0 Å². The van der Waals surface area contributed by atoms with Gasteiger partial charge in [-0.2, -0.15) is 5.10 Å². The number of ether oxygens (including phenoxy) is 1. The summed E-state index contributed by atoms with van der Waals surface area (Å²) >= 11 is 0. The van der Waals surface area contributed by atoms with Gasteiger partial charge < -0.3 is 9.64 Å². The van der Waals surface area contributed by atoms with E-state index in [1.165, 1.54) is 4.90 Å².